The highest BCUT2D eigenvalue weighted by molar-refractivity contribution is 5.95. The Kier molecular flexibility index (Phi) is 2.80. The number of nitrogens with zero attached hydrogens (tertiary/aromatic N) is 2. The number of nitrogens with one attached hydrogen (secondary N) is 1. The third-order valence-corrected chi connectivity index (χ3v) is 1.38. The zero-order valence-electron chi connectivity index (χ0n) is 7.77. The summed E-state index contributed by atoms with van der Waals surface area (Å²) in [5, 5.41) is 13.7. The molecule has 0 aliphatic rings. The molecule has 7 heteroatoms. The number of aromatic nitrogens is 2. The molecular weight excluding hydrogens is 188 g/mol. The average molecular weight is 198 g/mol. The monoisotopic (exact) mass is 198 g/mol. The normalized spacial score (nSPS) is 10.2. The van der Waals surface area contributed by atoms with Gasteiger partial charge in [-0.1, -0.05) is 13.8 Å². The molecule has 1 rings (SSSR count). The second-order valence-corrected chi connectivity index (χ2v) is 2.91. The summed E-state index contributed by atoms with van der Waals surface area (Å²) < 4.78 is 9.07. The van der Waals surface area contributed by atoms with E-state index in [0.717, 1.165) is 0 Å². The first kappa shape index (κ1) is 10.2. The molecule has 1 heterocycles. The van der Waals surface area contributed by atoms with Gasteiger partial charge in [-0.15, -0.1) is 0 Å². The van der Waals surface area contributed by atoms with Gasteiger partial charge in [0.25, 0.3) is 5.88 Å². The maximum atomic E-state index is 11.1. The number of rotatable bonds is 3. The van der Waals surface area contributed by atoms with Crippen molar-refractivity contribution in [2.45, 2.75) is 13.8 Å². The minimum absolute atomic E-state index is 0.0704. The van der Waals surface area contributed by atoms with E-state index in [1.165, 1.54) is 0 Å². The van der Waals surface area contributed by atoms with Gasteiger partial charge < -0.3 is 10.5 Å². The molecule has 7 nitrogen and oxygen atoms in total. The van der Waals surface area contributed by atoms with E-state index in [1.807, 2.05) is 0 Å². The minimum Gasteiger partial charge on any atom is -0.402 e. The number of nitrogens with two attached hydrogens (primary N) is 1. The average Bonchev–Trinajstić information content (AvgIpc) is 2.52. The Morgan fingerprint density at radius 3 is 2.71 bits per heavy atom. The standard InChI is InChI=1S/C7H10N4O3/c1-3(2)7(12)13-6-4(5(8)9)10-14-11-6/h3H,1-2H3,(H3,8,9). The molecule has 3 N–H and O–H groups in total. The predicted octanol–water partition coefficient (Wildman–Crippen LogP) is -0.0849. The maximum absolute atomic E-state index is 11.1. The zero-order chi connectivity index (χ0) is 10.7. The lowest BCUT2D eigenvalue weighted by molar-refractivity contribution is -0.138. The van der Waals surface area contributed by atoms with Crippen molar-refractivity contribution in [3.05, 3.63) is 5.69 Å². The van der Waals surface area contributed by atoms with Gasteiger partial charge in [0, 0.05) is 0 Å². The first-order chi connectivity index (χ1) is 6.52. The fraction of sp³-hybridized carbons (Fsp3) is 0.429. The summed E-state index contributed by atoms with van der Waals surface area (Å²) in [6, 6.07) is 0. The Morgan fingerprint density at radius 2 is 2.21 bits per heavy atom. The van der Waals surface area contributed by atoms with Gasteiger partial charge in [-0.05, 0) is 10.3 Å². The SMILES string of the molecule is CC(C)C(=O)Oc1nonc1C(=N)N. The van der Waals surface area contributed by atoms with E-state index in [-0.39, 0.29) is 23.3 Å². The van der Waals surface area contributed by atoms with Crippen molar-refractivity contribution in [1.29, 1.82) is 5.41 Å². The van der Waals surface area contributed by atoms with E-state index in [2.05, 4.69) is 14.9 Å². The maximum Gasteiger partial charge on any atom is 0.315 e. The molecule has 0 fully saturated rings. The van der Waals surface area contributed by atoms with Crippen LogP contribution in [0.25, 0.3) is 0 Å². The highest BCUT2D eigenvalue weighted by Crippen LogP contribution is 2.13. The van der Waals surface area contributed by atoms with Crippen LogP contribution in [0.15, 0.2) is 4.63 Å². The molecule has 0 radical (unpaired) electrons. The number of carbonyl (C=O) groups excluding carboxylic acids is 1. The number of nitrogen functional groups attached to an aromatic ring is 1. The van der Waals surface area contributed by atoms with Gasteiger partial charge in [0.2, 0.25) is 5.69 Å². The van der Waals surface area contributed by atoms with E-state index in [1.54, 1.807) is 13.8 Å². The molecular formula is C7H10N4O3. The molecule has 0 saturated carbocycles. The summed E-state index contributed by atoms with van der Waals surface area (Å²) in [5.41, 5.74) is 5.07. The van der Waals surface area contributed by atoms with Crippen LogP contribution in [-0.4, -0.2) is 22.1 Å². The Bertz CT molecular complexity index is 358. The molecule has 0 saturated heterocycles. The highest BCUT2D eigenvalue weighted by Gasteiger charge is 2.19. The largest absolute Gasteiger partial charge is 0.402 e. The van der Waals surface area contributed by atoms with Crippen molar-refractivity contribution in [3.63, 3.8) is 0 Å². The van der Waals surface area contributed by atoms with E-state index in [0.29, 0.717) is 0 Å². The van der Waals surface area contributed by atoms with Gasteiger partial charge in [-0.2, -0.15) is 0 Å². The summed E-state index contributed by atoms with van der Waals surface area (Å²) >= 11 is 0. The predicted molar refractivity (Wildman–Crippen MR) is 45.8 cm³/mol. The summed E-state index contributed by atoms with van der Waals surface area (Å²) in [6.07, 6.45) is 0. The number of hydrogen-bond donors (Lipinski definition) is 2. The van der Waals surface area contributed by atoms with Crippen molar-refractivity contribution < 1.29 is 14.2 Å². The molecule has 0 atom stereocenters. The molecule has 0 aliphatic heterocycles. The summed E-state index contributed by atoms with van der Waals surface area (Å²) in [6.45, 7) is 3.34. The third kappa shape index (κ3) is 2.06. The van der Waals surface area contributed by atoms with Crippen LogP contribution in [0.5, 0.6) is 5.88 Å². The number of ether oxygens (including phenoxy) is 1. The summed E-state index contributed by atoms with van der Waals surface area (Å²) in [4.78, 5) is 11.1. The minimum atomic E-state index is -0.483. The zero-order valence-corrected chi connectivity index (χ0v) is 7.77. The lowest BCUT2D eigenvalue weighted by atomic mass is 10.2. The van der Waals surface area contributed by atoms with Crippen molar-refractivity contribution in [3.8, 4) is 5.88 Å². The van der Waals surface area contributed by atoms with Crippen LogP contribution in [0.2, 0.25) is 0 Å². The summed E-state index contributed by atoms with van der Waals surface area (Å²) in [7, 11) is 0. The van der Waals surface area contributed by atoms with Crippen molar-refractivity contribution >= 4 is 11.8 Å². The van der Waals surface area contributed by atoms with E-state index >= 15 is 0 Å². The Balaban J connectivity index is 2.82. The van der Waals surface area contributed by atoms with Crippen LogP contribution >= 0.6 is 0 Å². The van der Waals surface area contributed by atoms with Crippen molar-refractivity contribution in [2.24, 2.45) is 11.7 Å². The molecule has 1 aromatic heterocycles. The molecule has 0 aliphatic carbocycles. The Hall–Kier alpha value is -1.92. The molecule has 1 aromatic rings. The summed E-state index contributed by atoms with van der Waals surface area (Å²) in [5.74, 6) is -1.32. The molecule has 0 amide bonds. The molecule has 0 aromatic carbocycles. The van der Waals surface area contributed by atoms with Gasteiger partial charge in [0.15, 0.2) is 5.84 Å². The van der Waals surface area contributed by atoms with Gasteiger partial charge in [-0.3, -0.25) is 10.2 Å². The van der Waals surface area contributed by atoms with Crippen LogP contribution in [-0.2, 0) is 4.79 Å². The van der Waals surface area contributed by atoms with Crippen LogP contribution in [0.3, 0.4) is 0 Å². The third-order valence-electron chi connectivity index (χ3n) is 1.38. The fourth-order valence-electron chi connectivity index (χ4n) is 0.625. The quantitative estimate of drug-likeness (QED) is 0.398. The van der Waals surface area contributed by atoms with Gasteiger partial charge in [0.05, 0.1) is 5.92 Å². The second-order valence-electron chi connectivity index (χ2n) is 2.91. The van der Waals surface area contributed by atoms with Gasteiger partial charge in [-0.25, -0.2) is 4.63 Å². The van der Waals surface area contributed by atoms with Gasteiger partial charge in [0.1, 0.15) is 0 Å². The van der Waals surface area contributed by atoms with Crippen LogP contribution in [0, 0.1) is 11.3 Å². The molecule has 0 unspecified atom stereocenters. The number of amidine groups is 1. The molecule has 14 heavy (non-hydrogen) atoms. The van der Waals surface area contributed by atoms with E-state index < -0.39 is 5.97 Å². The van der Waals surface area contributed by atoms with E-state index in [4.69, 9.17) is 15.9 Å². The topological polar surface area (TPSA) is 115 Å². The van der Waals surface area contributed by atoms with Crippen LogP contribution in [0.1, 0.15) is 19.5 Å². The second kappa shape index (κ2) is 3.86. The van der Waals surface area contributed by atoms with Crippen LogP contribution in [0.4, 0.5) is 0 Å². The smallest absolute Gasteiger partial charge is 0.315 e. The van der Waals surface area contributed by atoms with E-state index in [9.17, 15) is 4.79 Å². The number of esters is 1. The first-order valence-electron chi connectivity index (χ1n) is 3.91. The highest BCUT2D eigenvalue weighted by atomic mass is 16.6. The lowest BCUT2D eigenvalue weighted by Crippen LogP contribution is -2.19. The van der Waals surface area contributed by atoms with Crippen molar-refractivity contribution in [1.82, 2.24) is 10.3 Å². The lowest BCUT2D eigenvalue weighted by Gasteiger charge is -2.02. The molecule has 0 bridgehead atoms. The molecule has 76 valence electrons. The molecule has 0 spiro atoms. The van der Waals surface area contributed by atoms with Crippen molar-refractivity contribution in [2.75, 3.05) is 0 Å². The number of hydrogen-bond acceptors (Lipinski definition) is 6. The Labute approximate surface area is 79.7 Å². The van der Waals surface area contributed by atoms with Gasteiger partial charge >= 0.3 is 5.97 Å². The first-order valence-corrected chi connectivity index (χ1v) is 3.91. The fourth-order valence-corrected chi connectivity index (χ4v) is 0.625. The Morgan fingerprint density at radius 1 is 1.57 bits per heavy atom. The number of carbonyl (C=O) groups is 1. The van der Waals surface area contributed by atoms with Crippen LogP contribution < -0.4 is 10.5 Å².